The van der Waals surface area contributed by atoms with E-state index in [1.165, 1.54) is 6.40 Å². The molecule has 0 amide bonds. The van der Waals surface area contributed by atoms with Gasteiger partial charge in [-0.2, -0.15) is 0 Å². The second-order valence-electron chi connectivity index (χ2n) is 1.96. The highest BCUT2D eigenvalue weighted by atomic mass is 16.5. The summed E-state index contributed by atoms with van der Waals surface area (Å²) in [5.74, 6) is 0.572. The quantitative estimate of drug-likeness (QED) is 0.558. The van der Waals surface area contributed by atoms with E-state index < -0.39 is 0 Å². The third-order valence-corrected chi connectivity index (χ3v) is 1.22. The molecule has 0 N–H and O–H groups in total. The maximum Gasteiger partial charge on any atom is 0.241 e. The van der Waals surface area contributed by atoms with Crippen LogP contribution in [0.15, 0.2) is 33.9 Å². The summed E-state index contributed by atoms with van der Waals surface area (Å²) in [5, 5.41) is 0. The van der Waals surface area contributed by atoms with Crippen LogP contribution in [0.4, 0.5) is 0 Å². The Balaban J connectivity index is 2.78. The molecule has 1 aliphatic heterocycles. The molecule has 0 saturated heterocycles. The highest BCUT2D eigenvalue weighted by Crippen LogP contribution is 2.07. The van der Waals surface area contributed by atoms with Gasteiger partial charge in [0.05, 0.1) is 0 Å². The third-order valence-electron chi connectivity index (χ3n) is 1.22. The summed E-state index contributed by atoms with van der Waals surface area (Å²) in [7, 11) is 1.67. The Bertz CT molecular complexity index is 249. The number of allylic oxidation sites excluding steroid dienone is 3. The molecule has 0 aromatic carbocycles. The number of aliphatic imine (C=N–C) groups is 2. The maximum atomic E-state index is 4.97. The molecule has 0 spiro atoms. The molecule has 0 unspecified atom stereocenters. The highest BCUT2D eigenvalue weighted by molar-refractivity contribution is 6.01. The molecule has 58 valence electrons. The molecule has 11 heavy (non-hydrogen) atoms. The van der Waals surface area contributed by atoms with Crippen LogP contribution in [0.25, 0.3) is 0 Å². The van der Waals surface area contributed by atoms with Gasteiger partial charge in [0.2, 0.25) is 5.90 Å². The molecule has 0 aliphatic carbocycles. The zero-order valence-corrected chi connectivity index (χ0v) is 6.61. The first kappa shape index (κ1) is 7.72. The van der Waals surface area contributed by atoms with E-state index in [4.69, 9.17) is 4.74 Å². The molecule has 0 fully saturated rings. The Morgan fingerprint density at radius 2 is 2.45 bits per heavy atom. The molecule has 1 heterocycles. The van der Waals surface area contributed by atoms with Crippen LogP contribution in [0.1, 0.15) is 6.92 Å². The molecule has 0 aromatic heterocycles. The average Bonchev–Trinajstić information content (AvgIpc) is 2.47. The van der Waals surface area contributed by atoms with Crippen molar-refractivity contribution in [2.45, 2.75) is 6.92 Å². The van der Waals surface area contributed by atoms with Crippen molar-refractivity contribution < 1.29 is 4.74 Å². The molecule has 1 aliphatic rings. The van der Waals surface area contributed by atoms with Gasteiger partial charge in [-0.25, -0.2) is 4.99 Å². The molecule has 1 rings (SSSR count). The van der Waals surface area contributed by atoms with Crippen molar-refractivity contribution in [2.75, 3.05) is 7.05 Å². The minimum Gasteiger partial charge on any atom is -0.425 e. The van der Waals surface area contributed by atoms with Crippen LogP contribution >= 0.6 is 0 Å². The lowest BCUT2D eigenvalue weighted by Gasteiger charge is -1.91. The van der Waals surface area contributed by atoms with E-state index >= 15 is 0 Å². The van der Waals surface area contributed by atoms with E-state index in [-0.39, 0.29) is 0 Å². The van der Waals surface area contributed by atoms with Gasteiger partial charge >= 0.3 is 0 Å². The Morgan fingerprint density at radius 1 is 1.64 bits per heavy atom. The zero-order chi connectivity index (χ0) is 8.10. The monoisotopic (exact) mass is 150 g/mol. The largest absolute Gasteiger partial charge is 0.425 e. The fourth-order valence-corrected chi connectivity index (χ4v) is 0.718. The number of hydrogen-bond donors (Lipinski definition) is 0. The number of ether oxygens (including phenoxy) is 1. The van der Waals surface area contributed by atoms with Gasteiger partial charge in [-0.1, -0.05) is 12.2 Å². The van der Waals surface area contributed by atoms with Crippen LogP contribution in [-0.4, -0.2) is 19.3 Å². The highest BCUT2D eigenvalue weighted by Gasteiger charge is 2.09. The summed E-state index contributed by atoms with van der Waals surface area (Å²) in [6.45, 7) is 1.94. The van der Waals surface area contributed by atoms with Crippen LogP contribution in [0.5, 0.6) is 0 Å². The number of rotatable bonds is 1. The Kier molecular flexibility index (Phi) is 2.60. The van der Waals surface area contributed by atoms with Crippen LogP contribution < -0.4 is 0 Å². The van der Waals surface area contributed by atoms with E-state index in [0.717, 1.165) is 5.70 Å². The first-order valence-electron chi connectivity index (χ1n) is 3.38. The van der Waals surface area contributed by atoms with Crippen molar-refractivity contribution in [2.24, 2.45) is 9.98 Å². The second-order valence-corrected chi connectivity index (χ2v) is 1.96. The van der Waals surface area contributed by atoms with Crippen molar-refractivity contribution in [1.82, 2.24) is 0 Å². The molecule has 0 aromatic rings. The van der Waals surface area contributed by atoms with Gasteiger partial charge in [0.15, 0.2) is 6.40 Å². The van der Waals surface area contributed by atoms with Gasteiger partial charge in [0.1, 0.15) is 5.70 Å². The van der Waals surface area contributed by atoms with E-state index in [0.29, 0.717) is 5.90 Å². The molecule has 0 saturated carbocycles. The molecule has 0 atom stereocenters. The molecular formula is C8H10N2O. The van der Waals surface area contributed by atoms with E-state index in [2.05, 4.69) is 9.98 Å². The lowest BCUT2D eigenvalue weighted by atomic mass is 10.4. The predicted octanol–water partition coefficient (Wildman–Crippen LogP) is 1.53. The van der Waals surface area contributed by atoms with Gasteiger partial charge in [-0.15, -0.1) is 0 Å². The summed E-state index contributed by atoms with van der Waals surface area (Å²) in [6, 6.07) is 0. The summed E-state index contributed by atoms with van der Waals surface area (Å²) < 4.78 is 4.97. The van der Waals surface area contributed by atoms with E-state index in [9.17, 15) is 0 Å². The molecule has 3 heteroatoms. The number of hydrogen-bond acceptors (Lipinski definition) is 3. The van der Waals surface area contributed by atoms with Gasteiger partial charge in [0, 0.05) is 7.05 Å². The Morgan fingerprint density at radius 3 is 3.09 bits per heavy atom. The molecule has 3 nitrogen and oxygen atoms in total. The van der Waals surface area contributed by atoms with Crippen LogP contribution in [-0.2, 0) is 4.74 Å². The topological polar surface area (TPSA) is 34.0 Å². The lowest BCUT2D eigenvalue weighted by Crippen LogP contribution is -1.96. The first-order chi connectivity index (χ1) is 5.38. The van der Waals surface area contributed by atoms with Gasteiger partial charge in [-0.3, -0.25) is 4.99 Å². The molecular weight excluding hydrogens is 140 g/mol. The lowest BCUT2D eigenvalue weighted by molar-refractivity contribution is 0.586. The third kappa shape index (κ3) is 1.77. The standard InChI is InChI=1S/C8H10N2O/c1-3-4-5-7-8(9-2)11-6-10-7/h3-6H,1-2H3/b4-3-,7-5+,9-8?. The minimum atomic E-state index is 0.572. The number of nitrogens with zero attached hydrogens (tertiary/aromatic N) is 2. The molecule has 0 bridgehead atoms. The summed E-state index contributed by atoms with van der Waals surface area (Å²) in [5.41, 5.74) is 0.769. The first-order valence-corrected chi connectivity index (χ1v) is 3.38. The summed E-state index contributed by atoms with van der Waals surface area (Å²) in [6.07, 6.45) is 7.06. The SMILES string of the molecule is C/C=C\C=C1\N=COC1=NC. The molecule has 0 radical (unpaired) electrons. The Labute approximate surface area is 65.8 Å². The zero-order valence-electron chi connectivity index (χ0n) is 6.61. The van der Waals surface area contributed by atoms with Gasteiger partial charge in [0.25, 0.3) is 0 Å². The normalized spacial score (nSPS) is 23.8. The predicted molar refractivity (Wildman–Crippen MR) is 45.8 cm³/mol. The van der Waals surface area contributed by atoms with Crippen LogP contribution in [0.3, 0.4) is 0 Å². The van der Waals surface area contributed by atoms with E-state index in [1.807, 2.05) is 25.2 Å². The van der Waals surface area contributed by atoms with Crippen LogP contribution in [0.2, 0.25) is 0 Å². The van der Waals surface area contributed by atoms with Gasteiger partial charge < -0.3 is 4.74 Å². The van der Waals surface area contributed by atoms with Crippen molar-refractivity contribution >= 4 is 12.3 Å². The Hall–Kier alpha value is -1.38. The van der Waals surface area contributed by atoms with Crippen molar-refractivity contribution in [3.63, 3.8) is 0 Å². The van der Waals surface area contributed by atoms with Gasteiger partial charge in [-0.05, 0) is 13.0 Å². The fourth-order valence-electron chi connectivity index (χ4n) is 0.718. The average molecular weight is 150 g/mol. The smallest absolute Gasteiger partial charge is 0.241 e. The van der Waals surface area contributed by atoms with Crippen molar-refractivity contribution in [3.8, 4) is 0 Å². The van der Waals surface area contributed by atoms with Crippen LogP contribution in [0, 0.1) is 0 Å². The minimum absolute atomic E-state index is 0.572. The fraction of sp³-hybridized carbons (Fsp3) is 0.250. The van der Waals surface area contributed by atoms with Crippen molar-refractivity contribution in [1.29, 1.82) is 0 Å². The van der Waals surface area contributed by atoms with Crippen molar-refractivity contribution in [3.05, 3.63) is 23.9 Å². The second kappa shape index (κ2) is 3.71. The summed E-state index contributed by atoms with van der Waals surface area (Å²) in [4.78, 5) is 7.85. The summed E-state index contributed by atoms with van der Waals surface area (Å²) >= 11 is 0. The van der Waals surface area contributed by atoms with E-state index in [1.54, 1.807) is 7.05 Å². The maximum absolute atomic E-state index is 4.97.